The lowest BCUT2D eigenvalue weighted by Crippen LogP contribution is -2.39. The first kappa shape index (κ1) is 18.5. The molecule has 0 aliphatic heterocycles. The third-order valence-electron chi connectivity index (χ3n) is 4.51. The highest BCUT2D eigenvalue weighted by molar-refractivity contribution is 5.84. The third kappa shape index (κ3) is 5.38. The number of para-hydroxylation sites is 1. The minimum atomic E-state index is -0.287. The van der Waals surface area contributed by atoms with Gasteiger partial charge in [-0.2, -0.15) is 0 Å². The van der Waals surface area contributed by atoms with E-state index >= 15 is 0 Å². The average Bonchev–Trinajstić information content (AvgIpc) is 3.02. The summed E-state index contributed by atoms with van der Waals surface area (Å²) in [7, 11) is 1.46. The zero-order valence-electron chi connectivity index (χ0n) is 14.9. The smallest absolute Gasteiger partial charge is 0.323 e. The van der Waals surface area contributed by atoms with E-state index in [2.05, 4.69) is 29.4 Å². The van der Waals surface area contributed by atoms with Crippen LogP contribution in [0, 0.1) is 0 Å². The molecule has 2 rings (SSSR count). The second kappa shape index (κ2) is 10.1. The van der Waals surface area contributed by atoms with Gasteiger partial charge in [-0.3, -0.25) is 4.79 Å². The van der Waals surface area contributed by atoms with Crippen molar-refractivity contribution in [3.8, 4) is 0 Å². The summed E-state index contributed by atoms with van der Waals surface area (Å²) < 4.78 is 4.97. The normalized spacial score (nSPS) is 12.4. The Morgan fingerprint density at radius 3 is 2.71 bits per heavy atom. The number of ether oxygens (including phenoxy) is 1. The van der Waals surface area contributed by atoms with Gasteiger partial charge in [0.15, 0.2) is 0 Å². The maximum atomic E-state index is 12.1. The number of H-pyrrole nitrogens is 1. The predicted molar refractivity (Wildman–Crippen MR) is 99.2 cm³/mol. The number of rotatable bonds is 11. The van der Waals surface area contributed by atoms with E-state index in [1.54, 1.807) is 0 Å². The van der Waals surface area contributed by atoms with E-state index in [0.29, 0.717) is 6.42 Å². The molecule has 1 aromatic heterocycles. The number of unbranched alkanes of at least 4 members (excludes halogenated alkanes) is 5. The molecule has 132 valence electrons. The molecule has 24 heavy (non-hydrogen) atoms. The molecule has 0 spiro atoms. The number of hydrogen-bond acceptors (Lipinski definition) is 3. The number of nitrogens with one attached hydrogen (secondary N) is 2. The summed E-state index contributed by atoms with van der Waals surface area (Å²) in [6.45, 7) is 3.08. The number of aromatic nitrogens is 1. The summed E-state index contributed by atoms with van der Waals surface area (Å²) >= 11 is 0. The molecule has 4 nitrogen and oxygen atoms in total. The van der Waals surface area contributed by atoms with E-state index in [0.717, 1.165) is 24.0 Å². The Hall–Kier alpha value is -1.81. The van der Waals surface area contributed by atoms with Gasteiger partial charge < -0.3 is 15.0 Å². The van der Waals surface area contributed by atoms with Gasteiger partial charge in [-0.15, -0.1) is 0 Å². The number of fused-ring (bicyclic) bond motifs is 1. The average molecular weight is 330 g/mol. The van der Waals surface area contributed by atoms with Crippen LogP contribution in [0.3, 0.4) is 0 Å². The van der Waals surface area contributed by atoms with Crippen LogP contribution >= 0.6 is 0 Å². The highest BCUT2D eigenvalue weighted by Crippen LogP contribution is 2.19. The van der Waals surface area contributed by atoms with Gasteiger partial charge in [-0.1, -0.05) is 57.2 Å². The fourth-order valence-electron chi connectivity index (χ4n) is 3.08. The second-order valence-electron chi connectivity index (χ2n) is 6.36. The van der Waals surface area contributed by atoms with E-state index in [1.807, 2.05) is 18.3 Å². The number of aromatic amines is 1. The number of esters is 1. The first-order valence-electron chi connectivity index (χ1n) is 9.12. The second-order valence-corrected chi connectivity index (χ2v) is 6.36. The molecule has 0 aliphatic rings. The Bertz CT molecular complexity index is 621. The Kier molecular flexibility index (Phi) is 7.83. The van der Waals surface area contributed by atoms with Gasteiger partial charge in [0, 0.05) is 23.5 Å². The van der Waals surface area contributed by atoms with E-state index in [9.17, 15) is 4.79 Å². The predicted octanol–water partition coefficient (Wildman–Crippen LogP) is 4.20. The minimum Gasteiger partial charge on any atom is -0.468 e. The fourth-order valence-corrected chi connectivity index (χ4v) is 3.08. The van der Waals surface area contributed by atoms with E-state index < -0.39 is 0 Å². The summed E-state index contributed by atoms with van der Waals surface area (Å²) in [6, 6.07) is 7.89. The highest BCUT2D eigenvalue weighted by Gasteiger charge is 2.20. The van der Waals surface area contributed by atoms with Crippen LogP contribution in [0.5, 0.6) is 0 Å². The molecule has 0 fully saturated rings. The van der Waals surface area contributed by atoms with E-state index in [4.69, 9.17) is 4.74 Å². The van der Waals surface area contributed by atoms with Crippen molar-refractivity contribution in [2.75, 3.05) is 13.7 Å². The molecule has 2 N–H and O–H groups in total. The number of carbonyl (C=O) groups excluding carboxylic acids is 1. The van der Waals surface area contributed by atoms with Gasteiger partial charge >= 0.3 is 5.97 Å². The summed E-state index contributed by atoms with van der Waals surface area (Å²) in [4.78, 5) is 15.4. The van der Waals surface area contributed by atoms with E-state index in [-0.39, 0.29) is 12.0 Å². The number of methoxy groups -OCH3 is 1. The van der Waals surface area contributed by atoms with Crippen molar-refractivity contribution in [1.82, 2.24) is 10.3 Å². The van der Waals surface area contributed by atoms with Crippen molar-refractivity contribution in [2.45, 2.75) is 57.9 Å². The molecule has 4 heteroatoms. The summed E-state index contributed by atoms with van der Waals surface area (Å²) in [5.41, 5.74) is 2.25. The van der Waals surface area contributed by atoms with Crippen molar-refractivity contribution >= 4 is 16.9 Å². The van der Waals surface area contributed by atoms with Gasteiger partial charge in [-0.05, 0) is 24.6 Å². The van der Waals surface area contributed by atoms with E-state index in [1.165, 1.54) is 44.6 Å². The lowest BCUT2D eigenvalue weighted by molar-refractivity contribution is -0.143. The van der Waals surface area contributed by atoms with Crippen LogP contribution < -0.4 is 5.32 Å². The standard InChI is InChI=1S/C20H30N2O2/c1-3-4-5-6-7-10-13-21-19(20(23)24-2)14-16-15-22-18-12-9-8-11-17(16)18/h8-9,11-12,15,19,21-22H,3-7,10,13-14H2,1-2H3/t19-/m0/s1. The molecule has 2 aromatic rings. The Balaban J connectivity index is 1.86. The van der Waals surface area contributed by atoms with Crippen LogP contribution in [0.4, 0.5) is 0 Å². The highest BCUT2D eigenvalue weighted by atomic mass is 16.5. The van der Waals surface area contributed by atoms with Gasteiger partial charge in [0.05, 0.1) is 7.11 Å². The lowest BCUT2D eigenvalue weighted by atomic mass is 10.0. The Morgan fingerprint density at radius 2 is 1.92 bits per heavy atom. The lowest BCUT2D eigenvalue weighted by Gasteiger charge is -2.16. The number of hydrogen-bond donors (Lipinski definition) is 2. The van der Waals surface area contributed by atoms with Gasteiger partial charge in [0.1, 0.15) is 6.04 Å². The fraction of sp³-hybridized carbons (Fsp3) is 0.550. The molecule has 0 aliphatic carbocycles. The number of benzene rings is 1. The molecule has 0 bridgehead atoms. The molecule has 0 unspecified atom stereocenters. The molecule has 0 radical (unpaired) electrons. The van der Waals surface area contributed by atoms with Crippen molar-refractivity contribution in [3.05, 3.63) is 36.0 Å². The molecule has 0 amide bonds. The summed E-state index contributed by atoms with van der Waals surface area (Å²) in [5.74, 6) is -0.189. The van der Waals surface area contributed by atoms with Crippen molar-refractivity contribution in [1.29, 1.82) is 0 Å². The minimum absolute atomic E-state index is 0.189. The SMILES string of the molecule is CCCCCCCCN[C@@H](Cc1c[nH]c2ccccc12)C(=O)OC. The molecule has 1 heterocycles. The van der Waals surface area contributed by atoms with Gasteiger partial charge in [-0.25, -0.2) is 0 Å². The maximum absolute atomic E-state index is 12.1. The molecule has 1 aromatic carbocycles. The Morgan fingerprint density at radius 1 is 1.17 bits per heavy atom. The number of carbonyl (C=O) groups is 1. The topological polar surface area (TPSA) is 54.1 Å². The Labute approximate surface area is 145 Å². The zero-order chi connectivity index (χ0) is 17.2. The molecule has 0 saturated heterocycles. The first-order chi connectivity index (χ1) is 11.8. The molecular formula is C20H30N2O2. The monoisotopic (exact) mass is 330 g/mol. The van der Waals surface area contributed by atoms with Gasteiger partial charge in [0.25, 0.3) is 0 Å². The first-order valence-corrected chi connectivity index (χ1v) is 9.12. The van der Waals surface area contributed by atoms with Crippen LogP contribution in [0.1, 0.15) is 51.0 Å². The van der Waals surface area contributed by atoms with Crippen LogP contribution in [0.25, 0.3) is 10.9 Å². The summed E-state index contributed by atoms with van der Waals surface area (Å²) in [5, 5.41) is 4.55. The van der Waals surface area contributed by atoms with Crippen molar-refractivity contribution in [2.24, 2.45) is 0 Å². The van der Waals surface area contributed by atoms with Crippen molar-refractivity contribution < 1.29 is 9.53 Å². The molecular weight excluding hydrogens is 300 g/mol. The maximum Gasteiger partial charge on any atom is 0.323 e. The largest absolute Gasteiger partial charge is 0.468 e. The zero-order valence-corrected chi connectivity index (χ0v) is 14.9. The quantitative estimate of drug-likeness (QED) is 0.479. The van der Waals surface area contributed by atoms with Crippen LogP contribution in [0.2, 0.25) is 0 Å². The van der Waals surface area contributed by atoms with Crippen LogP contribution in [-0.2, 0) is 16.0 Å². The summed E-state index contributed by atoms with van der Waals surface area (Å²) in [6.07, 6.45) is 10.1. The van der Waals surface area contributed by atoms with Crippen molar-refractivity contribution in [3.63, 3.8) is 0 Å². The molecule has 0 saturated carbocycles. The van der Waals surface area contributed by atoms with Crippen LogP contribution in [0.15, 0.2) is 30.5 Å². The van der Waals surface area contributed by atoms with Gasteiger partial charge in [0.2, 0.25) is 0 Å². The van der Waals surface area contributed by atoms with Crippen LogP contribution in [-0.4, -0.2) is 30.6 Å². The molecule has 1 atom stereocenters. The third-order valence-corrected chi connectivity index (χ3v) is 4.51.